The minimum Gasteiger partial charge on any atom is -0.264 e. The lowest BCUT2D eigenvalue weighted by Crippen LogP contribution is -1.83. The van der Waals surface area contributed by atoms with Crippen LogP contribution in [-0.2, 0) is 0 Å². The number of pyridine rings is 1. The Morgan fingerprint density at radius 2 is 2.23 bits per heavy atom. The highest BCUT2D eigenvalue weighted by Gasteiger charge is 2.05. The maximum absolute atomic E-state index is 5.86. The van der Waals surface area contributed by atoms with Crippen LogP contribution in [0, 0.1) is 0 Å². The van der Waals surface area contributed by atoms with Gasteiger partial charge in [-0.1, -0.05) is 35.4 Å². The largest absolute Gasteiger partial charge is 0.264 e. The van der Waals surface area contributed by atoms with Gasteiger partial charge in [0.1, 0.15) is 10.3 Å². The van der Waals surface area contributed by atoms with Crippen molar-refractivity contribution in [3.8, 4) is 0 Å². The number of rotatable bonds is 2. The summed E-state index contributed by atoms with van der Waals surface area (Å²) in [7, 11) is 0. The van der Waals surface area contributed by atoms with Gasteiger partial charge in [0.05, 0.1) is 5.69 Å². The van der Waals surface area contributed by atoms with Crippen LogP contribution in [0.3, 0.4) is 0 Å². The average Bonchev–Trinajstić information content (AvgIpc) is 2.09. The number of halogens is 2. The maximum atomic E-state index is 5.86. The van der Waals surface area contributed by atoms with E-state index in [1.807, 2.05) is 19.1 Å². The van der Waals surface area contributed by atoms with Gasteiger partial charge in [-0.2, -0.15) is 0 Å². The lowest BCUT2D eigenvalue weighted by molar-refractivity contribution is 1.30. The number of hydrogen-bond donors (Lipinski definition) is 0. The van der Waals surface area contributed by atoms with Gasteiger partial charge >= 0.3 is 0 Å². The standard InChI is InChI=1S/C9H8Cl2N2/c1-3-4-6-7(12-2)5-8(10)13-9(6)11/h3-5H,2H2,1H3/b4-3-. The number of aromatic nitrogens is 1. The molecule has 0 aliphatic heterocycles. The minimum absolute atomic E-state index is 0.320. The lowest BCUT2D eigenvalue weighted by Gasteiger charge is -2.02. The average molecular weight is 215 g/mol. The van der Waals surface area contributed by atoms with Crippen molar-refractivity contribution in [2.75, 3.05) is 0 Å². The Morgan fingerprint density at radius 1 is 1.54 bits per heavy atom. The van der Waals surface area contributed by atoms with Crippen molar-refractivity contribution in [2.24, 2.45) is 4.99 Å². The molecule has 0 N–H and O–H groups in total. The molecular weight excluding hydrogens is 207 g/mol. The van der Waals surface area contributed by atoms with Crippen molar-refractivity contribution in [2.45, 2.75) is 6.92 Å². The predicted molar refractivity (Wildman–Crippen MR) is 58.2 cm³/mol. The van der Waals surface area contributed by atoms with Crippen LogP contribution < -0.4 is 0 Å². The molecule has 0 aromatic carbocycles. The van der Waals surface area contributed by atoms with Gasteiger partial charge in [0.25, 0.3) is 0 Å². The van der Waals surface area contributed by atoms with E-state index in [2.05, 4.69) is 16.7 Å². The number of aliphatic imine (C=N–C) groups is 1. The third kappa shape index (κ3) is 2.29. The summed E-state index contributed by atoms with van der Waals surface area (Å²) in [6, 6.07) is 1.62. The zero-order chi connectivity index (χ0) is 9.84. The Kier molecular flexibility index (Phi) is 3.46. The fourth-order valence-corrected chi connectivity index (χ4v) is 1.42. The molecule has 0 fully saturated rings. The summed E-state index contributed by atoms with van der Waals surface area (Å²) in [4.78, 5) is 7.69. The van der Waals surface area contributed by atoms with Gasteiger partial charge in [0, 0.05) is 11.6 Å². The van der Waals surface area contributed by atoms with Crippen molar-refractivity contribution in [1.29, 1.82) is 0 Å². The zero-order valence-corrected chi connectivity index (χ0v) is 8.60. The highest BCUT2D eigenvalue weighted by atomic mass is 35.5. The summed E-state index contributed by atoms with van der Waals surface area (Å²) >= 11 is 11.6. The molecular formula is C9H8Cl2N2. The van der Waals surface area contributed by atoms with Gasteiger partial charge in [0.15, 0.2) is 0 Å². The minimum atomic E-state index is 0.320. The van der Waals surface area contributed by atoms with Gasteiger partial charge in [-0.25, -0.2) is 4.98 Å². The molecule has 0 saturated carbocycles. The SMILES string of the molecule is C=Nc1cc(Cl)nc(Cl)c1/C=C\C. The van der Waals surface area contributed by atoms with Crippen LogP contribution in [-0.4, -0.2) is 11.7 Å². The Balaban J connectivity index is 3.37. The van der Waals surface area contributed by atoms with Crippen molar-refractivity contribution in [1.82, 2.24) is 4.98 Å². The van der Waals surface area contributed by atoms with Crippen LogP contribution in [0.2, 0.25) is 10.3 Å². The summed E-state index contributed by atoms with van der Waals surface area (Å²) < 4.78 is 0. The third-order valence-electron chi connectivity index (χ3n) is 1.46. The van der Waals surface area contributed by atoms with Gasteiger partial charge in [-0.3, -0.25) is 4.99 Å². The second-order valence-corrected chi connectivity index (χ2v) is 3.07. The molecule has 4 heteroatoms. The van der Waals surface area contributed by atoms with Gasteiger partial charge in [0.2, 0.25) is 0 Å². The zero-order valence-electron chi connectivity index (χ0n) is 7.09. The van der Waals surface area contributed by atoms with E-state index in [0.717, 1.165) is 5.56 Å². The molecule has 0 bridgehead atoms. The highest BCUT2D eigenvalue weighted by Crippen LogP contribution is 2.29. The van der Waals surface area contributed by atoms with E-state index in [-0.39, 0.29) is 0 Å². The Morgan fingerprint density at radius 3 is 2.77 bits per heavy atom. The molecule has 68 valence electrons. The summed E-state index contributed by atoms with van der Waals surface area (Å²) in [5.74, 6) is 0. The first-order valence-corrected chi connectivity index (χ1v) is 4.40. The molecule has 1 heterocycles. The molecule has 1 rings (SSSR count). The fraction of sp³-hybridized carbons (Fsp3) is 0.111. The van der Waals surface area contributed by atoms with E-state index in [1.54, 1.807) is 6.07 Å². The van der Waals surface area contributed by atoms with Crippen LogP contribution in [0.15, 0.2) is 17.1 Å². The molecule has 0 amide bonds. The Bertz CT molecular complexity index is 359. The first kappa shape index (κ1) is 10.2. The second-order valence-electron chi connectivity index (χ2n) is 2.33. The summed E-state index contributed by atoms with van der Waals surface area (Å²) in [6.07, 6.45) is 3.67. The van der Waals surface area contributed by atoms with E-state index >= 15 is 0 Å². The number of nitrogens with zero attached hydrogens (tertiary/aromatic N) is 2. The first-order chi connectivity index (χ1) is 6.19. The normalized spacial score (nSPS) is 10.7. The van der Waals surface area contributed by atoms with Crippen LogP contribution in [0.4, 0.5) is 5.69 Å². The van der Waals surface area contributed by atoms with Crippen molar-refractivity contribution >= 4 is 41.7 Å². The summed E-state index contributed by atoms with van der Waals surface area (Å²) in [5.41, 5.74) is 1.38. The molecule has 0 radical (unpaired) electrons. The molecule has 13 heavy (non-hydrogen) atoms. The molecule has 0 saturated heterocycles. The smallest absolute Gasteiger partial charge is 0.140 e. The highest BCUT2D eigenvalue weighted by molar-refractivity contribution is 6.34. The molecule has 1 aromatic heterocycles. The third-order valence-corrected chi connectivity index (χ3v) is 1.94. The van der Waals surface area contributed by atoms with Crippen molar-refractivity contribution in [3.63, 3.8) is 0 Å². The van der Waals surface area contributed by atoms with Crippen molar-refractivity contribution < 1.29 is 0 Å². The van der Waals surface area contributed by atoms with Crippen LogP contribution in [0.5, 0.6) is 0 Å². The maximum Gasteiger partial charge on any atom is 0.140 e. The van der Waals surface area contributed by atoms with Crippen LogP contribution in [0.25, 0.3) is 6.08 Å². The van der Waals surface area contributed by atoms with E-state index in [4.69, 9.17) is 23.2 Å². The number of hydrogen-bond acceptors (Lipinski definition) is 2. The molecule has 0 aliphatic rings. The summed E-state index contributed by atoms with van der Waals surface area (Å²) in [6.45, 7) is 5.31. The van der Waals surface area contributed by atoms with Crippen molar-refractivity contribution in [3.05, 3.63) is 28.0 Å². The monoisotopic (exact) mass is 214 g/mol. The van der Waals surface area contributed by atoms with Gasteiger partial charge in [-0.15, -0.1) is 0 Å². The second kappa shape index (κ2) is 4.40. The molecule has 2 nitrogen and oxygen atoms in total. The van der Waals surface area contributed by atoms with E-state index in [1.165, 1.54) is 0 Å². The first-order valence-electron chi connectivity index (χ1n) is 3.64. The van der Waals surface area contributed by atoms with Gasteiger partial charge < -0.3 is 0 Å². The molecule has 0 spiro atoms. The molecule has 0 unspecified atom stereocenters. The van der Waals surface area contributed by atoms with E-state index in [0.29, 0.717) is 16.0 Å². The lowest BCUT2D eigenvalue weighted by atomic mass is 10.2. The quantitative estimate of drug-likeness (QED) is 0.544. The Labute approximate surface area is 86.9 Å². The Hall–Kier alpha value is -0.860. The molecule has 1 aromatic rings. The van der Waals surface area contributed by atoms with Crippen LogP contribution in [0.1, 0.15) is 12.5 Å². The molecule has 0 aliphatic carbocycles. The topological polar surface area (TPSA) is 25.2 Å². The van der Waals surface area contributed by atoms with E-state index in [9.17, 15) is 0 Å². The van der Waals surface area contributed by atoms with E-state index < -0.39 is 0 Å². The molecule has 0 atom stereocenters. The number of allylic oxidation sites excluding steroid dienone is 1. The predicted octanol–water partition coefficient (Wildman–Crippen LogP) is 3.75. The summed E-state index contributed by atoms with van der Waals surface area (Å²) in [5, 5.41) is 0.661. The van der Waals surface area contributed by atoms with Crippen LogP contribution >= 0.6 is 23.2 Å². The fourth-order valence-electron chi connectivity index (χ4n) is 0.934. The van der Waals surface area contributed by atoms with Gasteiger partial charge in [-0.05, 0) is 13.6 Å².